The van der Waals surface area contributed by atoms with E-state index in [0.29, 0.717) is 11.2 Å². The third kappa shape index (κ3) is 3.93. The summed E-state index contributed by atoms with van der Waals surface area (Å²) in [6.07, 6.45) is 10.1. The van der Waals surface area contributed by atoms with Crippen molar-refractivity contribution in [2.24, 2.45) is 5.41 Å². The maximum Gasteiger partial charge on any atom is 0.129 e. The van der Waals surface area contributed by atoms with Crippen molar-refractivity contribution in [1.82, 2.24) is 0 Å². The van der Waals surface area contributed by atoms with Gasteiger partial charge in [-0.2, -0.15) is 0 Å². The van der Waals surface area contributed by atoms with Gasteiger partial charge in [0.1, 0.15) is 5.78 Å². The van der Waals surface area contributed by atoms with Crippen LogP contribution in [0.2, 0.25) is 0 Å². The molecule has 13 heavy (non-hydrogen) atoms. The number of hydrogen-bond donors (Lipinski definition) is 0. The Hall–Kier alpha value is -0.330. The summed E-state index contributed by atoms with van der Waals surface area (Å²) in [4.78, 5) is 10.9. The SMILES string of the molecule is CC(=O)CCC1(C)CCCCCC1. The lowest BCUT2D eigenvalue weighted by Crippen LogP contribution is -2.16. The average Bonchev–Trinajstić information content (AvgIpc) is 2.28. The first-order valence-electron chi connectivity index (χ1n) is 5.62. The van der Waals surface area contributed by atoms with E-state index in [2.05, 4.69) is 6.92 Å². The standard InChI is InChI=1S/C12H22O/c1-11(13)7-10-12(2)8-5-3-4-6-9-12/h3-10H2,1-2H3. The van der Waals surface area contributed by atoms with Gasteiger partial charge in [0.05, 0.1) is 0 Å². The Morgan fingerprint density at radius 2 is 1.69 bits per heavy atom. The summed E-state index contributed by atoms with van der Waals surface area (Å²) in [5.74, 6) is 0.352. The molecular weight excluding hydrogens is 160 g/mol. The second-order valence-electron chi connectivity index (χ2n) is 4.93. The van der Waals surface area contributed by atoms with Gasteiger partial charge in [0.2, 0.25) is 0 Å². The van der Waals surface area contributed by atoms with Crippen molar-refractivity contribution in [3.8, 4) is 0 Å². The fourth-order valence-electron chi connectivity index (χ4n) is 2.31. The Balaban J connectivity index is 2.37. The molecule has 0 atom stereocenters. The smallest absolute Gasteiger partial charge is 0.129 e. The van der Waals surface area contributed by atoms with E-state index in [9.17, 15) is 4.79 Å². The van der Waals surface area contributed by atoms with Gasteiger partial charge in [0.25, 0.3) is 0 Å². The summed E-state index contributed by atoms with van der Waals surface area (Å²) in [5.41, 5.74) is 0.474. The summed E-state index contributed by atoms with van der Waals surface area (Å²) in [7, 11) is 0. The number of ketones is 1. The van der Waals surface area contributed by atoms with Gasteiger partial charge < -0.3 is 4.79 Å². The number of Topliss-reactive ketones (excluding diaryl/α,β-unsaturated/α-hetero) is 1. The highest BCUT2D eigenvalue weighted by Gasteiger charge is 2.25. The largest absolute Gasteiger partial charge is 0.300 e. The molecule has 0 aromatic heterocycles. The lowest BCUT2D eigenvalue weighted by Gasteiger charge is -2.27. The number of carbonyl (C=O) groups excluding carboxylic acids is 1. The van der Waals surface area contributed by atoms with E-state index < -0.39 is 0 Å². The van der Waals surface area contributed by atoms with Crippen molar-refractivity contribution in [3.05, 3.63) is 0 Å². The number of hydrogen-bond acceptors (Lipinski definition) is 1. The van der Waals surface area contributed by atoms with Crippen molar-refractivity contribution in [1.29, 1.82) is 0 Å². The molecule has 0 unspecified atom stereocenters. The highest BCUT2D eigenvalue weighted by molar-refractivity contribution is 5.75. The number of carbonyl (C=O) groups is 1. The Morgan fingerprint density at radius 1 is 1.15 bits per heavy atom. The predicted octanol–water partition coefficient (Wildman–Crippen LogP) is 3.72. The zero-order valence-electron chi connectivity index (χ0n) is 9.07. The van der Waals surface area contributed by atoms with Gasteiger partial charge >= 0.3 is 0 Å². The van der Waals surface area contributed by atoms with Crippen LogP contribution in [-0.2, 0) is 4.79 Å². The third-order valence-corrected chi connectivity index (χ3v) is 3.39. The fourth-order valence-corrected chi connectivity index (χ4v) is 2.31. The number of rotatable bonds is 3. The molecule has 0 bridgehead atoms. The van der Waals surface area contributed by atoms with Crippen LogP contribution >= 0.6 is 0 Å². The maximum atomic E-state index is 10.9. The molecule has 0 aliphatic heterocycles. The summed E-state index contributed by atoms with van der Waals surface area (Å²) in [6, 6.07) is 0. The van der Waals surface area contributed by atoms with E-state index in [4.69, 9.17) is 0 Å². The van der Waals surface area contributed by atoms with Crippen LogP contribution in [0.3, 0.4) is 0 Å². The highest BCUT2D eigenvalue weighted by Crippen LogP contribution is 2.38. The molecule has 1 nitrogen and oxygen atoms in total. The Bertz CT molecular complexity index is 164. The lowest BCUT2D eigenvalue weighted by molar-refractivity contribution is -0.117. The minimum Gasteiger partial charge on any atom is -0.300 e. The second kappa shape index (κ2) is 4.78. The van der Waals surface area contributed by atoms with Crippen molar-refractivity contribution in [2.75, 3.05) is 0 Å². The molecule has 76 valence electrons. The Labute approximate surface area is 81.9 Å². The predicted molar refractivity (Wildman–Crippen MR) is 55.7 cm³/mol. The van der Waals surface area contributed by atoms with Crippen molar-refractivity contribution >= 4 is 5.78 Å². The quantitative estimate of drug-likeness (QED) is 0.608. The van der Waals surface area contributed by atoms with E-state index in [1.165, 1.54) is 38.5 Å². The zero-order chi connectivity index (χ0) is 9.73. The van der Waals surface area contributed by atoms with E-state index in [-0.39, 0.29) is 0 Å². The van der Waals surface area contributed by atoms with Gasteiger partial charge in [0, 0.05) is 6.42 Å². The highest BCUT2D eigenvalue weighted by atomic mass is 16.1. The summed E-state index contributed by atoms with van der Waals surface area (Å²) >= 11 is 0. The molecule has 0 saturated heterocycles. The third-order valence-electron chi connectivity index (χ3n) is 3.39. The first-order chi connectivity index (χ1) is 6.12. The van der Waals surface area contributed by atoms with Crippen LogP contribution in [0.25, 0.3) is 0 Å². The van der Waals surface area contributed by atoms with Crippen LogP contribution < -0.4 is 0 Å². The van der Waals surface area contributed by atoms with Gasteiger partial charge in [-0.3, -0.25) is 0 Å². The summed E-state index contributed by atoms with van der Waals surface area (Å²) < 4.78 is 0. The molecule has 1 fully saturated rings. The van der Waals surface area contributed by atoms with Gasteiger partial charge in [-0.05, 0) is 31.6 Å². The monoisotopic (exact) mass is 182 g/mol. The fraction of sp³-hybridized carbons (Fsp3) is 0.917. The van der Waals surface area contributed by atoms with Crippen LogP contribution in [-0.4, -0.2) is 5.78 Å². The maximum absolute atomic E-state index is 10.9. The van der Waals surface area contributed by atoms with Crippen molar-refractivity contribution < 1.29 is 4.79 Å². The Kier molecular flexibility index (Phi) is 3.95. The Morgan fingerprint density at radius 3 is 2.15 bits per heavy atom. The van der Waals surface area contributed by atoms with Crippen LogP contribution in [0.15, 0.2) is 0 Å². The minimum absolute atomic E-state index is 0.352. The normalized spacial score (nSPS) is 22.3. The molecule has 0 aromatic rings. The van der Waals surface area contributed by atoms with Crippen molar-refractivity contribution in [3.63, 3.8) is 0 Å². The second-order valence-corrected chi connectivity index (χ2v) is 4.93. The molecule has 1 saturated carbocycles. The van der Waals surface area contributed by atoms with Crippen LogP contribution in [0.4, 0.5) is 0 Å². The molecule has 1 rings (SSSR count). The molecule has 1 aliphatic rings. The van der Waals surface area contributed by atoms with Gasteiger partial charge in [-0.1, -0.05) is 32.6 Å². The van der Waals surface area contributed by atoms with Gasteiger partial charge in [-0.15, -0.1) is 0 Å². The van der Waals surface area contributed by atoms with E-state index in [0.717, 1.165) is 12.8 Å². The van der Waals surface area contributed by atoms with E-state index in [1.807, 2.05) is 0 Å². The first-order valence-corrected chi connectivity index (χ1v) is 5.62. The van der Waals surface area contributed by atoms with E-state index >= 15 is 0 Å². The minimum atomic E-state index is 0.352. The topological polar surface area (TPSA) is 17.1 Å². The molecule has 1 aliphatic carbocycles. The van der Waals surface area contributed by atoms with Gasteiger partial charge in [-0.25, -0.2) is 0 Å². The molecule has 0 amide bonds. The van der Waals surface area contributed by atoms with Crippen LogP contribution in [0.5, 0.6) is 0 Å². The molecule has 0 N–H and O–H groups in total. The summed E-state index contributed by atoms with van der Waals surface area (Å²) in [6.45, 7) is 4.07. The first kappa shape index (κ1) is 10.7. The molecule has 0 radical (unpaired) electrons. The molecule has 0 aromatic carbocycles. The molecular formula is C12H22O. The zero-order valence-corrected chi connectivity index (χ0v) is 9.07. The molecule has 0 heterocycles. The van der Waals surface area contributed by atoms with E-state index in [1.54, 1.807) is 6.92 Å². The lowest BCUT2D eigenvalue weighted by atomic mass is 9.78. The van der Waals surface area contributed by atoms with Gasteiger partial charge in [0.15, 0.2) is 0 Å². The molecule has 1 heteroatoms. The van der Waals surface area contributed by atoms with Crippen LogP contribution in [0.1, 0.15) is 65.2 Å². The van der Waals surface area contributed by atoms with Crippen LogP contribution in [0, 0.1) is 5.41 Å². The van der Waals surface area contributed by atoms with Crippen molar-refractivity contribution in [2.45, 2.75) is 65.2 Å². The molecule has 0 spiro atoms. The summed E-state index contributed by atoms with van der Waals surface area (Å²) in [5, 5.41) is 0. The average molecular weight is 182 g/mol.